The molecule has 0 aromatic carbocycles. The number of unbranched alkanes of at least 4 members (excludes halogenated alkanes) is 42. The highest BCUT2D eigenvalue weighted by molar-refractivity contribution is 5.76. The van der Waals surface area contributed by atoms with Crippen LogP contribution in [0.5, 0.6) is 0 Å². The summed E-state index contributed by atoms with van der Waals surface area (Å²) in [6, 6.07) is -0.559. The summed E-state index contributed by atoms with van der Waals surface area (Å²) in [4.78, 5) is 24.5. The summed E-state index contributed by atoms with van der Waals surface area (Å²) >= 11 is 0. The minimum atomic E-state index is -0.679. The van der Waals surface area contributed by atoms with Crippen molar-refractivity contribution in [3.05, 3.63) is 24.3 Å². The van der Waals surface area contributed by atoms with Crippen molar-refractivity contribution in [2.45, 2.75) is 341 Å². The lowest BCUT2D eigenvalue weighted by Gasteiger charge is -2.22. The van der Waals surface area contributed by atoms with Gasteiger partial charge in [-0.15, -0.1) is 0 Å². The van der Waals surface area contributed by atoms with E-state index in [9.17, 15) is 19.8 Å². The van der Waals surface area contributed by atoms with E-state index in [4.69, 9.17) is 4.74 Å². The van der Waals surface area contributed by atoms with Crippen molar-refractivity contribution in [1.29, 1.82) is 0 Å². The van der Waals surface area contributed by atoms with Gasteiger partial charge in [0.05, 0.1) is 25.4 Å². The van der Waals surface area contributed by atoms with Gasteiger partial charge in [0, 0.05) is 12.8 Å². The molecule has 2 atom stereocenters. The molecule has 396 valence electrons. The maximum Gasteiger partial charge on any atom is 0.305 e. The van der Waals surface area contributed by atoms with Crippen molar-refractivity contribution in [1.82, 2.24) is 5.32 Å². The number of nitrogens with one attached hydrogen (secondary N) is 1. The van der Waals surface area contributed by atoms with E-state index in [2.05, 4.69) is 43.5 Å². The second-order valence-electron chi connectivity index (χ2n) is 20.7. The molecule has 0 aliphatic rings. The molecular weight excluding hydrogens is 827 g/mol. The number of carbonyl (C=O) groups excluding carboxylic acids is 2. The number of ether oxygens (including phenoxy) is 1. The third-order valence-corrected chi connectivity index (χ3v) is 14.0. The summed E-state index contributed by atoms with van der Waals surface area (Å²) in [6.07, 6.45) is 68.9. The van der Waals surface area contributed by atoms with Crippen molar-refractivity contribution < 1.29 is 24.5 Å². The lowest BCUT2D eigenvalue weighted by Crippen LogP contribution is -2.45. The summed E-state index contributed by atoms with van der Waals surface area (Å²) in [7, 11) is 0. The fourth-order valence-corrected chi connectivity index (χ4v) is 9.40. The molecule has 67 heavy (non-hydrogen) atoms. The molecule has 0 aliphatic heterocycles. The number of carbonyl (C=O) groups is 2. The molecule has 0 bridgehead atoms. The van der Waals surface area contributed by atoms with Gasteiger partial charge in [-0.25, -0.2) is 0 Å². The van der Waals surface area contributed by atoms with Crippen LogP contribution in [0.1, 0.15) is 328 Å². The molecule has 0 saturated carbocycles. The molecule has 3 N–H and O–H groups in total. The molecule has 0 saturated heterocycles. The first kappa shape index (κ1) is 65.3. The number of hydrogen-bond donors (Lipinski definition) is 3. The Bertz CT molecular complexity index is 1040. The minimum absolute atomic E-state index is 0.0203. The Morgan fingerprint density at radius 1 is 0.418 bits per heavy atom. The average Bonchev–Trinajstić information content (AvgIpc) is 3.33. The van der Waals surface area contributed by atoms with E-state index in [1.807, 2.05) is 0 Å². The second-order valence-corrected chi connectivity index (χ2v) is 20.7. The Morgan fingerprint density at radius 2 is 0.731 bits per heavy atom. The molecule has 6 heteroatoms. The molecule has 2 unspecified atom stereocenters. The Morgan fingerprint density at radius 3 is 1.10 bits per heavy atom. The van der Waals surface area contributed by atoms with E-state index in [0.29, 0.717) is 25.9 Å². The normalized spacial score (nSPS) is 12.7. The van der Waals surface area contributed by atoms with Gasteiger partial charge in [-0.2, -0.15) is 0 Å². The SMILES string of the molecule is CCCCCCCCCCCCCCCCCCCCCCCCCC(O)C(CO)NC(=O)CCCCCCCC/C=C\C=C/CCCCCOC(=O)CCCCCCCCCCCCCC. The minimum Gasteiger partial charge on any atom is -0.466 e. The summed E-state index contributed by atoms with van der Waals surface area (Å²) in [5, 5.41) is 23.3. The van der Waals surface area contributed by atoms with Gasteiger partial charge in [0.25, 0.3) is 0 Å². The van der Waals surface area contributed by atoms with Crippen LogP contribution in [0, 0.1) is 0 Å². The van der Waals surface area contributed by atoms with Crippen molar-refractivity contribution in [2.75, 3.05) is 13.2 Å². The molecule has 0 fully saturated rings. The highest BCUT2D eigenvalue weighted by atomic mass is 16.5. The van der Waals surface area contributed by atoms with Crippen molar-refractivity contribution in [3.8, 4) is 0 Å². The zero-order chi connectivity index (χ0) is 48.6. The van der Waals surface area contributed by atoms with Crippen LogP contribution >= 0.6 is 0 Å². The van der Waals surface area contributed by atoms with Crippen LogP contribution in [0.4, 0.5) is 0 Å². The number of amides is 1. The molecular formula is C61H117NO5. The first-order chi connectivity index (χ1) is 33.0. The van der Waals surface area contributed by atoms with Gasteiger partial charge in [-0.05, 0) is 57.8 Å². The van der Waals surface area contributed by atoms with Gasteiger partial charge >= 0.3 is 5.97 Å². The summed E-state index contributed by atoms with van der Waals surface area (Å²) in [5.74, 6) is -0.0744. The fourth-order valence-electron chi connectivity index (χ4n) is 9.40. The smallest absolute Gasteiger partial charge is 0.305 e. The molecule has 0 aliphatic carbocycles. The maximum absolute atomic E-state index is 12.5. The molecule has 0 aromatic heterocycles. The zero-order valence-corrected chi connectivity index (χ0v) is 45.1. The lowest BCUT2D eigenvalue weighted by molar-refractivity contribution is -0.143. The molecule has 0 aromatic rings. The third-order valence-electron chi connectivity index (χ3n) is 14.0. The predicted molar refractivity (Wildman–Crippen MR) is 292 cm³/mol. The Labute approximate surface area is 418 Å². The Balaban J connectivity index is 3.50. The van der Waals surface area contributed by atoms with Gasteiger partial charge in [-0.1, -0.05) is 282 Å². The summed E-state index contributed by atoms with van der Waals surface area (Å²) in [5.41, 5.74) is 0. The van der Waals surface area contributed by atoms with Crippen LogP contribution in [-0.4, -0.2) is 47.4 Å². The standard InChI is InChI=1S/C61H117NO5/c1-3-5-7-9-11-13-15-17-18-19-20-21-22-23-24-25-27-30-33-37-41-45-49-53-59(64)58(57-63)62-60(65)54-50-46-42-38-34-31-28-26-29-32-36-40-44-48-52-56-67-61(66)55-51-47-43-39-35-16-14-12-10-8-6-4-2/h26,29,32,36,58-59,63-64H,3-25,27-28,30-31,33-35,37-57H2,1-2H3,(H,62,65)/b29-26-,36-32-. The lowest BCUT2D eigenvalue weighted by atomic mass is 10.0. The largest absolute Gasteiger partial charge is 0.466 e. The Kier molecular flexibility index (Phi) is 55.5. The first-order valence-corrected chi connectivity index (χ1v) is 30.1. The van der Waals surface area contributed by atoms with Gasteiger partial charge in [-0.3, -0.25) is 9.59 Å². The van der Waals surface area contributed by atoms with E-state index < -0.39 is 12.1 Å². The maximum atomic E-state index is 12.5. The zero-order valence-electron chi connectivity index (χ0n) is 45.1. The van der Waals surface area contributed by atoms with Crippen LogP contribution in [0.15, 0.2) is 24.3 Å². The van der Waals surface area contributed by atoms with Crippen LogP contribution in [0.3, 0.4) is 0 Å². The molecule has 0 spiro atoms. The van der Waals surface area contributed by atoms with E-state index >= 15 is 0 Å². The highest BCUT2D eigenvalue weighted by Crippen LogP contribution is 2.18. The van der Waals surface area contributed by atoms with E-state index in [-0.39, 0.29) is 18.5 Å². The highest BCUT2D eigenvalue weighted by Gasteiger charge is 2.20. The monoisotopic (exact) mass is 944 g/mol. The van der Waals surface area contributed by atoms with Crippen molar-refractivity contribution in [3.63, 3.8) is 0 Å². The number of hydrogen-bond acceptors (Lipinski definition) is 5. The molecule has 0 heterocycles. The summed E-state index contributed by atoms with van der Waals surface area (Å²) in [6.45, 7) is 4.92. The number of rotatable bonds is 56. The van der Waals surface area contributed by atoms with E-state index in [1.165, 1.54) is 218 Å². The number of aliphatic hydroxyl groups excluding tert-OH is 2. The van der Waals surface area contributed by atoms with Gasteiger partial charge in [0.15, 0.2) is 0 Å². The Hall–Kier alpha value is -1.66. The first-order valence-electron chi connectivity index (χ1n) is 30.1. The van der Waals surface area contributed by atoms with Crippen LogP contribution in [-0.2, 0) is 14.3 Å². The fraction of sp³-hybridized carbons (Fsp3) is 0.902. The molecule has 0 radical (unpaired) electrons. The molecule has 1 amide bonds. The topological polar surface area (TPSA) is 95.9 Å². The molecule has 0 rings (SSSR count). The predicted octanol–water partition coefficient (Wildman–Crippen LogP) is 18.6. The third kappa shape index (κ3) is 53.5. The van der Waals surface area contributed by atoms with Crippen LogP contribution in [0.2, 0.25) is 0 Å². The van der Waals surface area contributed by atoms with Crippen LogP contribution in [0.25, 0.3) is 0 Å². The molecule has 6 nitrogen and oxygen atoms in total. The average molecular weight is 945 g/mol. The van der Waals surface area contributed by atoms with Gasteiger partial charge in [0.2, 0.25) is 5.91 Å². The van der Waals surface area contributed by atoms with Crippen molar-refractivity contribution >= 4 is 11.9 Å². The summed E-state index contributed by atoms with van der Waals surface area (Å²) < 4.78 is 5.44. The second kappa shape index (κ2) is 56.9. The quantitative estimate of drug-likeness (QED) is 0.0321. The van der Waals surface area contributed by atoms with Crippen LogP contribution < -0.4 is 5.32 Å². The number of allylic oxidation sites excluding steroid dienone is 4. The van der Waals surface area contributed by atoms with E-state index in [0.717, 1.165) is 77.0 Å². The number of esters is 1. The van der Waals surface area contributed by atoms with Crippen molar-refractivity contribution in [2.24, 2.45) is 0 Å². The number of aliphatic hydroxyl groups is 2. The van der Waals surface area contributed by atoms with E-state index in [1.54, 1.807) is 0 Å². The van der Waals surface area contributed by atoms with Gasteiger partial charge < -0.3 is 20.3 Å². The van der Waals surface area contributed by atoms with Gasteiger partial charge in [0.1, 0.15) is 0 Å².